The number of hydrogen-bond acceptors (Lipinski definition) is 2. The van der Waals surface area contributed by atoms with Crippen LogP contribution in [-0.2, 0) is 12.8 Å². The van der Waals surface area contributed by atoms with E-state index in [9.17, 15) is 0 Å². The van der Waals surface area contributed by atoms with E-state index in [4.69, 9.17) is 10.7 Å². The minimum absolute atomic E-state index is 0.813. The summed E-state index contributed by atoms with van der Waals surface area (Å²) in [5.74, 6) is 0. The SMILES string of the molecule is Cc1ccn2c(C)c(CCc3ccc(N)cc3)nc2c1. The lowest BCUT2D eigenvalue weighted by Gasteiger charge is -2.01. The van der Waals surface area contributed by atoms with Crippen molar-refractivity contribution >= 4 is 11.3 Å². The van der Waals surface area contributed by atoms with Crippen molar-refractivity contribution in [2.45, 2.75) is 26.7 Å². The molecule has 0 unspecified atom stereocenters. The summed E-state index contributed by atoms with van der Waals surface area (Å²) >= 11 is 0. The van der Waals surface area contributed by atoms with Crippen LogP contribution in [0.25, 0.3) is 5.65 Å². The molecule has 2 N–H and O–H groups in total. The van der Waals surface area contributed by atoms with Crippen molar-refractivity contribution in [3.63, 3.8) is 0 Å². The molecule has 0 aliphatic heterocycles. The Morgan fingerprint density at radius 3 is 2.55 bits per heavy atom. The van der Waals surface area contributed by atoms with Crippen molar-refractivity contribution < 1.29 is 0 Å². The van der Waals surface area contributed by atoms with Gasteiger partial charge in [-0.15, -0.1) is 0 Å². The Kier molecular flexibility index (Phi) is 3.18. The Balaban J connectivity index is 1.84. The zero-order chi connectivity index (χ0) is 14.1. The van der Waals surface area contributed by atoms with E-state index in [0.29, 0.717) is 0 Å². The average Bonchev–Trinajstić information content (AvgIpc) is 2.74. The van der Waals surface area contributed by atoms with E-state index in [2.05, 4.69) is 48.7 Å². The first kappa shape index (κ1) is 12.7. The second kappa shape index (κ2) is 5.00. The predicted molar refractivity (Wildman–Crippen MR) is 82.9 cm³/mol. The van der Waals surface area contributed by atoms with Crippen LogP contribution in [0.4, 0.5) is 5.69 Å². The van der Waals surface area contributed by atoms with Crippen molar-refractivity contribution in [2.75, 3.05) is 5.73 Å². The third-order valence-corrected chi connectivity index (χ3v) is 3.75. The van der Waals surface area contributed by atoms with Crippen molar-refractivity contribution in [1.82, 2.24) is 9.38 Å². The smallest absolute Gasteiger partial charge is 0.137 e. The molecule has 1 aromatic carbocycles. The van der Waals surface area contributed by atoms with Gasteiger partial charge < -0.3 is 10.1 Å². The molecular weight excluding hydrogens is 246 g/mol. The molecule has 3 rings (SSSR count). The van der Waals surface area contributed by atoms with Gasteiger partial charge in [0, 0.05) is 17.6 Å². The number of benzene rings is 1. The van der Waals surface area contributed by atoms with E-state index in [0.717, 1.165) is 24.2 Å². The molecule has 0 aliphatic carbocycles. The monoisotopic (exact) mass is 265 g/mol. The van der Waals surface area contributed by atoms with Gasteiger partial charge in [-0.1, -0.05) is 12.1 Å². The number of aromatic nitrogens is 2. The van der Waals surface area contributed by atoms with Crippen LogP contribution in [-0.4, -0.2) is 9.38 Å². The Labute approximate surface area is 119 Å². The topological polar surface area (TPSA) is 43.3 Å². The van der Waals surface area contributed by atoms with Gasteiger partial charge in [0.1, 0.15) is 5.65 Å². The molecule has 0 aliphatic rings. The van der Waals surface area contributed by atoms with Gasteiger partial charge in [0.15, 0.2) is 0 Å². The molecule has 3 aromatic rings. The summed E-state index contributed by atoms with van der Waals surface area (Å²) in [6, 6.07) is 12.3. The van der Waals surface area contributed by atoms with Crippen LogP contribution in [0.2, 0.25) is 0 Å². The Hall–Kier alpha value is -2.29. The second-order valence-corrected chi connectivity index (χ2v) is 5.32. The highest BCUT2D eigenvalue weighted by Gasteiger charge is 2.08. The molecule has 102 valence electrons. The molecule has 0 saturated heterocycles. The molecule has 2 heterocycles. The zero-order valence-electron chi connectivity index (χ0n) is 11.9. The minimum Gasteiger partial charge on any atom is -0.399 e. The van der Waals surface area contributed by atoms with E-state index in [-0.39, 0.29) is 0 Å². The first-order valence-electron chi connectivity index (χ1n) is 6.92. The summed E-state index contributed by atoms with van der Waals surface area (Å²) in [5, 5.41) is 0. The molecule has 0 bridgehead atoms. The maximum atomic E-state index is 5.71. The van der Waals surface area contributed by atoms with Crippen molar-refractivity contribution in [1.29, 1.82) is 0 Å². The first-order chi connectivity index (χ1) is 9.63. The predicted octanol–water partition coefficient (Wildman–Crippen LogP) is 3.32. The highest BCUT2D eigenvalue weighted by Crippen LogP contribution is 2.16. The van der Waals surface area contributed by atoms with E-state index >= 15 is 0 Å². The Bertz CT molecular complexity index is 739. The summed E-state index contributed by atoms with van der Waals surface area (Å²) in [7, 11) is 0. The van der Waals surface area contributed by atoms with E-state index in [1.54, 1.807) is 0 Å². The second-order valence-electron chi connectivity index (χ2n) is 5.32. The van der Waals surface area contributed by atoms with Gasteiger partial charge >= 0.3 is 0 Å². The minimum atomic E-state index is 0.813. The van der Waals surface area contributed by atoms with Crippen LogP contribution in [0.3, 0.4) is 0 Å². The molecule has 0 saturated carbocycles. The van der Waals surface area contributed by atoms with Crippen LogP contribution >= 0.6 is 0 Å². The molecule has 20 heavy (non-hydrogen) atoms. The normalized spacial score (nSPS) is 11.1. The van der Waals surface area contributed by atoms with Gasteiger partial charge in [0.05, 0.1) is 5.69 Å². The molecule has 2 aromatic heterocycles. The zero-order valence-corrected chi connectivity index (χ0v) is 11.9. The summed E-state index contributed by atoms with van der Waals surface area (Å²) in [4.78, 5) is 4.74. The van der Waals surface area contributed by atoms with Crippen LogP contribution in [0.1, 0.15) is 22.5 Å². The molecule has 3 heteroatoms. The van der Waals surface area contributed by atoms with Crippen LogP contribution < -0.4 is 5.73 Å². The van der Waals surface area contributed by atoms with Crippen molar-refractivity contribution in [3.05, 3.63) is 65.1 Å². The Morgan fingerprint density at radius 2 is 1.80 bits per heavy atom. The lowest BCUT2D eigenvalue weighted by molar-refractivity contribution is 0.911. The highest BCUT2D eigenvalue weighted by molar-refractivity contribution is 5.45. The number of anilines is 1. The van der Waals surface area contributed by atoms with Crippen LogP contribution in [0.5, 0.6) is 0 Å². The third-order valence-electron chi connectivity index (χ3n) is 3.75. The maximum Gasteiger partial charge on any atom is 0.137 e. The third kappa shape index (κ3) is 2.39. The van der Waals surface area contributed by atoms with E-state index in [1.165, 1.54) is 22.5 Å². The fraction of sp³-hybridized carbons (Fsp3) is 0.235. The fourth-order valence-electron chi connectivity index (χ4n) is 2.50. The van der Waals surface area contributed by atoms with Gasteiger partial charge in [-0.2, -0.15) is 0 Å². The summed E-state index contributed by atoms with van der Waals surface area (Å²) in [6.07, 6.45) is 4.04. The number of nitrogens with two attached hydrogens (primary N) is 1. The average molecular weight is 265 g/mol. The fourth-order valence-corrected chi connectivity index (χ4v) is 2.50. The lowest BCUT2D eigenvalue weighted by Crippen LogP contribution is -1.95. The number of rotatable bonds is 3. The molecule has 0 fully saturated rings. The highest BCUT2D eigenvalue weighted by atomic mass is 15.0. The first-order valence-corrected chi connectivity index (χ1v) is 6.92. The van der Waals surface area contributed by atoms with Crippen molar-refractivity contribution in [2.24, 2.45) is 0 Å². The van der Waals surface area contributed by atoms with E-state index < -0.39 is 0 Å². The number of imidazole rings is 1. The van der Waals surface area contributed by atoms with Crippen LogP contribution in [0, 0.1) is 13.8 Å². The summed E-state index contributed by atoms with van der Waals surface area (Å²) in [6.45, 7) is 4.23. The summed E-state index contributed by atoms with van der Waals surface area (Å²) in [5.41, 5.74) is 12.5. The van der Waals surface area contributed by atoms with Gasteiger partial charge in [0.2, 0.25) is 0 Å². The van der Waals surface area contributed by atoms with E-state index in [1.807, 2.05) is 12.1 Å². The lowest BCUT2D eigenvalue weighted by atomic mass is 10.1. The molecule has 0 atom stereocenters. The number of fused-ring (bicyclic) bond motifs is 1. The molecule has 0 spiro atoms. The van der Waals surface area contributed by atoms with Gasteiger partial charge in [-0.3, -0.25) is 0 Å². The van der Waals surface area contributed by atoms with Crippen molar-refractivity contribution in [3.8, 4) is 0 Å². The maximum absolute atomic E-state index is 5.71. The number of pyridine rings is 1. The number of aryl methyl sites for hydroxylation is 4. The van der Waals surface area contributed by atoms with Gasteiger partial charge in [-0.25, -0.2) is 4.98 Å². The van der Waals surface area contributed by atoms with Crippen LogP contribution in [0.15, 0.2) is 42.6 Å². The number of nitrogen functional groups attached to an aromatic ring is 1. The number of nitrogens with zero attached hydrogens (tertiary/aromatic N) is 2. The Morgan fingerprint density at radius 1 is 1.05 bits per heavy atom. The largest absolute Gasteiger partial charge is 0.399 e. The summed E-state index contributed by atoms with van der Waals surface area (Å²) < 4.78 is 2.16. The molecule has 3 nitrogen and oxygen atoms in total. The standard InChI is InChI=1S/C17H19N3/c1-12-9-10-20-13(2)16(19-17(20)11-12)8-5-14-3-6-15(18)7-4-14/h3-4,6-7,9-11H,5,8,18H2,1-2H3. The molecule has 0 amide bonds. The number of hydrogen-bond donors (Lipinski definition) is 1. The quantitative estimate of drug-likeness (QED) is 0.738. The molecule has 0 radical (unpaired) electrons. The van der Waals surface area contributed by atoms with Gasteiger partial charge in [-0.05, 0) is 62.1 Å². The van der Waals surface area contributed by atoms with Gasteiger partial charge in [0.25, 0.3) is 0 Å². The molecular formula is C17H19N3.